The van der Waals surface area contributed by atoms with E-state index in [0.717, 1.165) is 0 Å². The molecule has 0 saturated heterocycles. The number of fused-ring (bicyclic) bond motifs is 1. The van der Waals surface area contributed by atoms with Crippen molar-refractivity contribution >= 4 is 34.8 Å². The highest BCUT2D eigenvalue weighted by Gasteiger charge is 2.33. The van der Waals surface area contributed by atoms with E-state index in [2.05, 4.69) is 21.9 Å². The topological polar surface area (TPSA) is 51.0 Å². The number of halogens is 3. The van der Waals surface area contributed by atoms with Gasteiger partial charge in [-0.05, 0) is 37.3 Å². The van der Waals surface area contributed by atoms with Crippen molar-refractivity contribution in [2.24, 2.45) is 0 Å². The normalized spacial score (nSPS) is 15.8. The van der Waals surface area contributed by atoms with Crippen molar-refractivity contribution in [1.29, 1.82) is 0 Å². The van der Waals surface area contributed by atoms with Crippen molar-refractivity contribution in [3.63, 3.8) is 0 Å². The van der Waals surface area contributed by atoms with Crippen molar-refractivity contribution in [3.8, 4) is 11.8 Å². The average molecular weight is 415 g/mol. The molecular formula is C20H13Cl2FN4O. The number of amides is 1. The zero-order valence-electron chi connectivity index (χ0n) is 14.7. The van der Waals surface area contributed by atoms with Gasteiger partial charge in [0, 0.05) is 24.0 Å². The summed E-state index contributed by atoms with van der Waals surface area (Å²) in [6, 6.07) is 7.78. The Morgan fingerprint density at radius 2 is 1.96 bits per heavy atom. The zero-order chi connectivity index (χ0) is 19.8. The number of hydrogen-bond donors (Lipinski definition) is 0. The van der Waals surface area contributed by atoms with E-state index >= 15 is 0 Å². The zero-order valence-corrected chi connectivity index (χ0v) is 16.2. The lowest BCUT2D eigenvalue weighted by molar-refractivity contribution is 0.0953. The number of hydrogen-bond acceptors (Lipinski definition) is 3. The van der Waals surface area contributed by atoms with Crippen LogP contribution in [0, 0.1) is 17.8 Å². The molecule has 1 aromatic carbocycles. The molecule has 1 amide bonds. The van der Waals surface area contributed by atoms with E-state index < -0.39 is 5.95 Å². The molecule has 0 N–H and O–H groups in total. The van der Waals surface area contributed by atoms with Crippen molar-refractivity contribution in [2.75, 3.05) is 11.4 Å². The molecule has 0 unspecified atom stereocenters. The highest BCUT2D eigenvalue weighted by Crippen LogP contribution is 2.31. The fourth-order valence-electron chi connectivity index (χ4n) is 3.02. The number of nitrogens with zero attached hydrogens (tertiary/aromatic N) is 4. The first-order valence-electron chi connectivity index (χ1n) is 8.42. The van der Waals surface area contributed by atoms with Crippen LogP contribution in [0.5, 0.6) is 0 Å². The van der Waals surface area contributed by atoms with Gasteiger partial charge in [0.15, 0.2) is 0 Å². The number of rotatable bonds is 1. The maximum atomic E-state index is 13.2. The molecule has 0 bridgehead atoms. The molecule has 140 valence electrons. The Hall–Kier alpha value is -2.88. The third-order valence-corrected chi connectivity index (χ3v) is 5.13. The van der Waals surface area contributed by atoms with E-state index in [9.17, 15) is 9.18 Å². The molecule has 1 atom stereocenters. The molecule has 0 fully saturated rings. The van der Waals surface area contributed by atoms with Gasteiger partial charge in [0.1, 0.15) is 5.69 Å². The average Bonchev–Trinajstić information content (AvgIpc) is 3.11. The minimum atomic E-state index is -0.574. The Kier molecular flexibility index (Phi) is 4.80. The Labute approximate surface area is 170 Å². The fourth-order valence-corrected chi connectivity index (χ4v) is 3.31. The lowest BCUT2D eigenvalue weighted by atomic mass is 10.1. The lowest BCUT2D eigenvalue weighted by Gasteiger charge is -2.32. The van der Waals surface area contributed by atoms with Gasteiger partial charge in [0.25, 0.3) is 5.91 Å². The van der Waals surface area contributed by atoms with Crippen LogP contribution >= 0.6 is 23.2 Å². The molecule has 1 aliphatic rings. The van der Waals surface area contributed by atoms with Crippen molar-refractivity contribution in [3.05, 3.63) is 75.5 Å². The number of carbonyl (C=O) groups is 1. The molecule has 0 spiro atoms. The van der Waals surface area contributed by atoms with Gasteiger partial charge in [-0.1, -0.05) is 35.0 Å². The molecule has 3 aromatic rings. The summed E-state index contributed by atoms with van der Waals surface area (Å²) in [6.45, 7) is 2.41. The second-order valence-corrected chi connectivity index (χ2v) is 7.15. The van der Waals surface area contributed by atoms with E-state index in [1.807, 2.05) is 6.92 Å². The number of aromatic nitrogens is 3. The molecule has 1 aliphatic heterocycles. The number of anilines is 1. The Bertz CT molecular complexity index is 1130. The molecule has 0 radical (unpaired) electrons. The van der Waals surface area contributed by atoms with Crippen LogP contribution in [-0.2, 0) is 0 Å². The molecule has 0 saturated carbocycles. The van der Waals surface area contributed by atoms with Crippen LogP contribution in [-0.4, -0.2) is 27.2 Å². The largest absolute Gasteiger partial charge is 0.305 e. The summed E-state index contributed by atoms with van der Waals surface area (Å²) in [5, 5.41) is 5.12. The highest BCUT2D eigenvalue weighted by molar-refractivity contribution is 6.42. The maximum absolute atomic E-state index is 13.2. The van der Waals surface area contributed by atoms with Crippen molar-refractivity contribution < 1.29 is 9.18 Å². The van der Waals surface area contributed by atoms with Crippen LogP contribution in [0.2, 0.25) is 10.0 Å². The van der Waals surface area contributed by atoms with Crippen LogP contribution in [0.25, 0.3) is 0 Å². The van der Waals surface area contributed by atoms with Gasteiger partial charge in [0.05, 0.1) is 27.8 Å². The summed E-state index contributed by atoms with van der Waals surface area (Å²) >= 11 is 12.1. The van der Waals surface area contributed by atoms with Crippen LogP contribution in [0.4, 0.5) is 10.1 Å². The minimum absolute atomic E-state index is 0.0507. The smallest absolute Gasteiger partial charge is 0.277 e. The maximum Gasteiger partial charge on any atom is 0.277 e. The van der Waals surface area contributed by atoms with Gasteiger partial charge < -0.3 is 4.90 Å². The van der Waals surface area contributed by atoms with Gasteiger partial charge in [-0.15, -0.1) is 0 Å². The standard InChI is InChI=1S/C20H13Cl2FN4O/c1-12-11-26(15-5-6-16(21)17(22)8-15)20(28)19-14(10-25-27(12)19)4-2-13-3-7-18(23)24-9-13/h3,5-10,12H,11H2,1H3/t12-/m0/s1. The van der Waals surface area contributed by atoms with E-state index in [-0.39, 0.29) is 11.9 Å². The van der Waals surface area contributed by atoms with E-state index in [4.69, 9.17) is 23.2 Å². The van der Waals surface area contributed by atoms with E-state index in [0.29, 0.717) is 39.1 Å². The first kappa shape index (κ1) is 18.5. The summed E-state index contributed by atoms with van der Waals surface area (Å²) in [5.41, 5.74) is 2.08. The molecule has 4 rings (SSSR count). The van der Waals surface area contributed by atoms with E-state index in [1.165, 1.54) is 18.3 Å². The molecule has 8 heteroatoms. The van der Waals surface area contributed by atoms with Gasteiger partial charge in [0.2, 0.25) is 5.95 Å². The van der Waals surface area contributed by atoms with Crippen molar-refractivity contribution in [2.45, 2.75) is 13.0 Å². The van der Waals surface area contributed by atoms with Crippen LogP contribution in [0.3, 0.4) is 0 Å². The molecule has 3 heterocycles. The number of benzene rings is 1. The van der Waals surface area contributed by atoms with E-state index in [1.54, 1.807) is 34.0 Å². The third-order valence-electron chi connectivity index (χ3n) is 4.39. The SMILES string of the molecule is C[C@H]1CN(c2ccc(Cl)c(Cl)c2)C(=O)c2c(C#Cc3ccc(F)nc3)cnn21. The molecule has 2 aromatic heterocycles. The minimum Gasteiger partial charge on any atom is -0.305 e. The quantitative estimate of drug-likeness (QED) is 0.439. The summed E-state index contributed by atoms with van der Waals surface area (Å²) in [4.78, 5) is 18.4. The fraction of sp³-hybridized carbons (Fsp3) is 0.150. The summed E-state index contributed by atoms with van der Waals surface area (Å²) in [6.07, 6.45) is 2.90. The van der Waals surface area contributed by atoms with Crippen molar-refractivity contribution in [1.82, 2.24) is 14.8 Å². The molecule has 28 heavy (non-hydrogen) atoms. The van der Waals surface area contributed by atoms with Crippen LogP contribution < -0.4 is 4.90 Å². The Morgan fingerprint density at radius 1 is 1.14 bits per heavy atom. The molecule has 5 nitrogen and oxygen atoms in total. The second kappa shape index (κ2) is 7.27. The van der Waals surface area contributed by atoms with Crippen LogP contribution in [0.1, 0.15) is 34.6 Å². The summed E-state index contributed by atoms with van der Waals surface area (Å²) in [5.74, 6) is 5.03. The Morgan fingerprint density at radius 3 is 2.68 bits per heavy atom. The predicted molar refractivity (Wildman–Crippen MR) is 105 cm³/mol. The van der Waals surface area contributed by atoms with Gasteiger partial charge in [-0.25, -0.2) is 4.98 Å². The monoisotopic (exact) mass is 414 g/mol. The molecular weight excluding hydrogens is 402 g/mol. The number of pyridine rings is 1. The first-order valence-corrected chi connectivity index (χ1v) is 9.17. The second-order valence-electron chi connectivity index (χ2n) is 6.33. The van der Waals surface area contributed by atoms with Gasteiger partial charge >= 0.3 is 0 Å². The predicted octanol–water partition coefficient (Wildman–Crippen LogP) is 4.35. The lowest BCUT2D eigenvalue weighted by Crippen LogP contribution is -2.43. The Balaban J connectivity index is 1.72. The summed E-state index contributed by atoms with van der Waals surface area (Å²) in [7, 11) is 0. The van der Waals surface area contributed by atoms with Gasteiger partial charge in [-0.3, -0.25) is 9.48 Å². The van der Waals surface area contributed by atoms with Gasteiger partial charge in [-0.2, -0.15) is 9.49 Å². The highest BCUT2D eigenvalue weighted by atomic mass is 35.5. The number of carbonyl (C=O) groups excluding carboxylic acids is 1. The first-order chi connectivity index (χ1) is 13.4. The third kappa shape index (κ3) is 3.35. The van der Waals surface area contributed by atoms with Crippen LogP contribution in [0.15, 0.2) is 42.7 Å². The molecule has 0 aliphatic carbocycles. The summed E-state index contributed by atoms with van der Waals surface area (Å²) < 4.78 is 14.6.